The quantitative estimate of drug-likeness (QED) is 0.307. The SMILES string of the molecule is COCCCOc1cc(C(=O)N(C(C)C)[C@@H]2CC[C@H](CCN(C(=O)Cc3ccccc3)C(C)C)NC2)ccc1OC. The molecule has 0 radical (unpaired) electrons. The van der Waals surface area contributed by atoms with E-state index in [1.54, 1.807) is 26.4 Å². The average molecular weight is 568 g/mol. The summed E-state index contributed by atoms with van der Waals surface area (Å²) in [5, 5.41) is 3.67. The van der Waals surface area contributed by atoms with Crippen molar-refractivity contribution in [3.05, 3.63) is 59.7 Å². The first-order valence-electron chi connectivity index (χ1n) is 14.9. The molecule has 0 unspecified atom stereocenters. The zero-order chi connectivity index (χ0) is 29.8. The molecule has 2 aromatic rings. The maximum atomic E-state index is 13.7. The summed E-state index contributed by atoms with van der Waals surface area (Å²) in [6, 6.07) is 15.9. The second-order valence-electron chi connectivity index (χ2n) is 11.3. The molecule has 1 heterocycles. The molecule has 0 bridgehead atoms. The molecule has 0 aromatic heterocycles. The van der Waals surface area contributed by atoms with Crippen molar-refractivity contribution in [3.63, 3.8) is 0 Å². The van der Waals surface area contributed by atoms with Gasteiger partial charge in [-0.15, -0.1) is 0 Å². The molecule has 0 saturated carbocycles. The monoisotopic (exact) mass is 567 g/mol. The van der Waals surface area contributed by atoms with Gasteiger partial charge in [-0.25, -0.2) is 0 Å². The number of amides is 2. The Kier molecular flexibility index (Phi) is 12.9. The van der Waals surface area contributed by atoms with E-state index in [9.17, 15) is 9.59 Å². The first-order chi connectivity index (χ1) is 19.7. The van der Waals surface area contributed by atoms with Crippen molar-refractivity contribution >= 4 is 11.8 Å². The molecular weight excluding hydrogens is 518 g/mol. The van der Waals surface area contributed by atoms with Crippen molar-refractivity contribution in [1.29, 1.82) is 0 Å². The molecule has 1 N–H and O–H groups in total. The maximum Gasteiger partial charge on any atom is 0.254 e. The third-order valence-corrected chi connectivity index (χ3v) is 7.70. The summed E-state index contributed by atoms with van der Waals surface area (Å²) in [6.45, 7) is 10.8. The summed E-state index contributed by atoms with van der Waals surface area (Å²) in [6.07, 6.45) is 3.94. The first-order valence-corrected chi connectivity index (χ1v) is 14.9. The van der Waals surface area contributed by atoms with Crippen molar-refractivity contribution < 1.29 is 23.8 Å². The summed E-state index contributed by atoms with van der Waals surface area (Å²) >= 11 is 0. The molecule has 3 rings (SSSR count). The molecule has 2 amide bonds. The van der Waals surface area contributed by atoms with Crippen LogP contribution in [0.3, 0.4) is 0 Å². The number of piperidine rings is 1. The van der Waals surface area contributed by atoms with Gasteiger partial charge in [0, 0.05) is 63.0 Å². The fourth-order valence-corrected chi connectivity index (χ4v) is 5.50. The molecule has 1 aliphatic heterocycles. The minimum atomic E-state index is -0.00728. The van der Waals surface area contributed by atoms with E-state index >= 15 is 0 Å². The maximum absolute atomic E-state index is 13.7. The predicted molar refractivity (Wildman–Crippen MR) is 163 cm³/mol. The number of nitrogens with one attached hydrogen (secondary N) is 1. The Morgan fingerprint density at radius 1 is 0.951 bits per heavy atom. The normalized spacial score (nSPS) is 17.0. The zero-order valence-corrected chi connectivity index (χ0v) is 25.7. The molecule has 2 atom stereocenters. The molecule has 8 heteroatoms. The summed E-state index contributed by atoms with van der Waals surface area (Å²) in [5.74, 6) is 1.33. The van der Waals surface area contributed by atoms with Gasteiger partial charge >= 0.3 is 0 Å². The van der Waals surface area contributed by atoms with Crippen LogP contribution in [0.5, 0.6) is 11.5 Å². The summed E-state index contributed by atoms with van der Waals surface area (Å²) in [4.78, 5) is 30.8. The zero-order valence-electron chi connectivity index (χ0n) is 25.7. The second-order valence-corrected chi connectivity index (χ2v) is 11.3. The Morgan fingerprint density at radius 3 is 2.32 bits per heavy atom. The Balaban J connectivity index is 1.58. The first kappa shape index (κ1) is 32.4. The Labute approximate surface area is 246 Å². The van der Waals surface area contributed by atoms with Crippen LogP contribution in [0.15, 0.2) is 48.5 Å². The van der Waals surface area contributed by atoms with Crippen LogP contribution < -0.4 is 14.8 Å². The van der Waals surface area contributed by atoms with Gasteiger partial charge in [-0.1, -0.05) is 30.3 Å². The highest BCUT2D eigenvalue weighted by atomic mass is 16.5. The standard InChI is InChI=1S/C33H49N3O5/c1-24(2)35(32(37)21-26-11-8-7-9-12-26)18-17-28-14-15-29(23-34-28)36(25(3)4)33(38)27-13-16-30(40-6)31(22-27)41-20-10-19-39-5/h7-9,11-13,16,22,24-25,28-29,34H,10,14-15,17-21,23H2,1-6H3/t28-,29-/m1/s1. The lowest BCUT2D eigenvalue weighted by Gasteiger charge is -2.40. The number of carbonyl (C=O) groups excluding carboxylic acids is 2. The second kappa shape index (κ2) is 16.4. The molecule has 1 aliphatic rings. The molecular formula is C33H49N3O5. The smallest absolute Gasteiger partial charge is 0.254 e. The number of rotatable bonds is 15. The average Bonchev–Trinajstić information content (AvgIpc) is 2.96. The summed E-state index contributed by atoms with van der Waals surface area (Å²) in [5.41, 5.74) is 1.63. The fraction of sp³-hybridized carbons (Fsp3) is 0.576. The van der Waals surface area contributed by atoms with Gasteiger partial charge in [-0.05, 0) is 70.7 Å². The number of carbonyl (C=O) groups is 2. The number of methoxy groups -OCH3 is 2. The van der Waals surface area contributed by atoms with Crippen LogP contribution in [0.4, 0.5) is 0 Å². The van der Waals surface area contributed by atoms with Gasteiger partial charge in [0.05, 0.1) is 20.1 Å². The van der Waals surface area contributed by atoms with E-state index in [1.165, 1.54) is 0 Å². The Hall–Kier alpha value is -3.10. The molecule has 41 heavy (non-hydrogen) atoms. The highest BCUT2D eigenvalue weighted by Gasteiger charge is 2.32. The van der Waals surface area contributed by atoms with Gasteiger partial charge in [0.2, 0.25) is 5.91 Å². The summed E-state index contributed by atoms with van der Waals surface area (Å²) in [7, 11) is 3.26. The van der Waals surface area contributed by atoms with Crippen LogP contribution in [-0.2, 0) is 16.0 Å². The Bertz CT molecular complexity index is 1080. The van der Waals surface area contributed by atoms with Crippen LogP contribution in [-0.4, -0.2) is 86.3 Å². The van der Waals surface area contributed by atoms with Crippen LogP contribution in [0.25, 0.3) is 0 Å². The van der Waals surface area contributed by atoms with E-state index < -0.39 is 0 Å². The van der Waals surface area contributed by atoms with E-state index in [1.807, 2.05) is 46.2 Å². The molecule has 226 valence electrons. The molecule has 0 spiro atoms. The van der Waals surface area contributed by atoms with Crippen LogP contribution in [0.2, 0.25) is 0 Å². The highest BCUT2D eigenvalue weighted by Crippen LogP contribution is 2.30. The van der Waals surface area contributed by atoms with E-state index in [-0.39, 0.29) is 29.9 Å². The lowest BCUT2D eigenvalue weighted by Crippen LogP contribution is -2.54. The van der Waals surface area contributed by atoms with Crippen LogP contribution in [0, 0.1) is 0 Å². The molecule has 1 saturated heterocycles. The molecule has 2 aromatic carbocycles. The number of benzene rings is 2. The van der Waals surface area contributed by atoms with Gasteiger partial charge in [0.25, 0.3) is 5.91 Å². The lowest BCUT2D eigenvalue weighted by atomic mass is 9.95. The minimum absolute atomic E-state index is 0.00728. The minimum Gasteiger partial charge on any atom is -0.493 e. The predicted octanol–water partition coefficient (Wildman–Crippen LogP) is 4.95. The third-order valence-electron chi connectivity index (χ3n) is 7.70. The van der Waals surface area contributed by atoms with Gasteiger partial charge in [-0.3, -0.25) is 9.59 Å². The van der Waals surface area contributed by atoms with Crippen molar-refractivity contribution in [2.75, 3.05) is 40.5 Å². The van der Waals surface area contributed by atoms with E-state index in [4.69, 9.17) is 14.2 Å². The largest absolute Gasteiger partial charge is 0.493 e. The number of nitrogens with zero attached hydrogens (tertiary/aromatic N) is 2. The topological polar surface area (TPSA) is 80.3 Å². The molecule has 0 aliphatic carbocycles. The molecule has 1 fully saturated rings. The van der Waals surface area contributed by atoms with Crippen molar-refractivity contribution in [2.45, 2.75) is 84.0 Å². The van der Waals surface area contributed by atoms with Gasteiger partial charge < -0.3 is 29.3 Å². The third kappa shape index (κ3) is 9.47. The van der Waals surface area contributed by atoms with Crippen LogP contribution >= 0.6 is 0 Å². The number of hydrogen-bond acceptors (Lipinski definition) is 6. The van der Waals surface area contributed by atoms with Gasteiger partial charge in [0.1, 0.15) is 0 Å². The van der Waals surface area contributed by atoms with E-state index in [0.717, 1.165) is 44.3 Å². The number of ether oxygens (including phenoxy) is 3. The van der Waals surface area contributed by atoms with Crippen LogP contribution in [0.1, 0.15) is 69.3 Å². The highest BCUT2D eigenvalue weighted by molar-refractivity contribution is 5.95. The van der Waals surface area contributed by atoms with E-state index in [0.29, 0.717) is 42.7 Å². The fourth-order valence-electron chi connectivity index (χ4n) is 5.50. The number of hydrogen-bond donors (Lipinski definition) is 1. The van der Waals surface area contributed by atoms with E-state index in [2.05, 4.69) is 33.0 Å². The van der Waals surface area contributed by atoms with Crippen molar-refractivity contribution in [1.82, 2.24) is 15.1 Å². The summed E-state index contributed by atoms with van der Waals surface area (Å²) < 4.78 is 16.5. The Morgan fingerprint density at radius 2 is 1.71 bits per heavy atom. The van der Waals surface area contributed by atoms with Gasteiger partial charge in [-0.2, -0.15) is 0 Å². The van der Waals surface area contributed by atoms with Crippen molar-refractivity contribution in [2.24, 2.45) is 0 Å². The molecule has 8 nitrogen and oxygen atoms in total. The van der Waals surface area contributed by atoms with Gasteiger partial charge in [0.15, 0.2) is 11.5 Å². The lowest BCUT2D eigenvalue weighted by molar-refractivity contribution is -0.132. The van der Waals surface area contributed by atoms with Crippen molar-refractivity contribution in [3.8, 4) is 11.5 Å².